The van der Waals surface area contributed by atoms with Crippen molar-refractivity contribution in [2.24, 2.45) is 0 Å². The number of ether oxygens (including phenoxy) is 1. The molecule has 0 saturated carbocycles. The molecule has 0 amide bonds. The van der Waals surface area contributed by atoms with Crippen molar-refractivity contribution in [3.8, 4) is 5.75 Å². The summed E-state index contributed by atoms with van der Waals surface area (Å²) >= 11 is 0. The molecule has 0 aromatic heterocycles. The molecule has 0 aliphatic heterocycles. The van der Waals surface area contributed by atoms with Gasteiger partial charge in [0.15, 0.2) is 6.61 Å². The van der Waals surface area contributed by atoms with Gasteiger partial charge in [-0.15, -0.1) is 0 Å². The van der Waals surface area contributed by atoms with Crippen LogP contribution < -0.4 is 4.74 Å². The summed E-state index contributed by atoms with van der Waals surface area (Å²) in [5.74, 6) is -2.71. The van der Waals surface area contributed by atoms with E-state index in [0.29, 0.717) is 6.07 Å². The number of hydrogen-bond acceptors (Lipinski definition) is 2. The highest BCUT2D eigenvalue weighted by Gasteiger charge is 2.36. The Morgan fingerprint density at radius 2 is 1.74 bits per heavy atom. The molecule has 0 bridgehead atoms. The fourth-order valence-electron chi connectivity index (χ4n) is 1.17. The predicted octanol–water partition coefficient (Wildman–Crippen LogP) is 3.34. The number of hydrogen-bond donors (Lipinski definition) is 1. The number of aromatic carboxylic acids is 1. The summed E-state index contributed by atoms with van der Waals surface area (Å²) in [7, 11) is 0. The Hall–Kier alpha value is -1.93. The van der Waals surface area contributed by atoms with E-state index >= 15 is 0 Å². The largest absolute Gasteiger partial charge is 0.483 e. The molecule has 0 aliphatic rings. The predicted molar refractivity (Wildman–Crippen MR) is 50.0 cm³/mol. The molecule has 106 valence electrons. The Morgan fingerprint density at radius 3 is 2.16 bits per heavy atom. The maximum absolute atomic E-state index is 12.6. The molecule has 1 aromatic rings. The van der Waals surface area contributed by atoms with E-state index < -0.39 is 41.8 Å². The third-order valence-electron chi connectivity index (χ3n) is 1.92. The third kappa shape index (κ3) is 4.34. The first-order valence-corrected chi connectivity index (χ1v) is 4.65. The van der Waals surface area contributed by atoms with Gasteiger partial charge in [-0.25, -0.2) is 4.79 Å². The molecule has 1 aromatic carbocycles. The van der Waals surface area contributed by atoms with E-state index in [1.54, 1.807) is 0 Å². The molecule has 9 heteroatoms. The van der Waals surface area contributed by atoms with Crippen molar-refractivity contribution in [2.75, 3.05) is 6.61 Å². The average Bonchev–Trinajstić information content (AvgIpc) is 2.23. The van der Waals surface area contributed by atoms with Crippen LogP contribution in [0.5, 0.6) is 5.75 Å². The number of halogens is 6. The second-order valence-electron chi connectivity index (χ2n) is 3.42. The summed E-state index contributed by atoms with van der Waals surface area (Å²) < 4.78 is 77.3. The maximum atomic E-state index is 12.6. The van der Waals surface area contributed by atoms with E-state index in [1.807, 2.05) is 0 Å². The van der Waals surface area contributed by atoms with Gasteiger partial charge >= 0.3 is 18.3 Å². The van der Waals surface area contributed by atoms with Crippen molar-refractivity contribution in [3.63, 3.8) is 0 Å². The van der Waals surface area contributed by atoms with E-state index in [9.17, 15) is 31.1 Å². The zero-order valence-electron chi connectivity index (χ0n) is 8.97. The van der Waals surface area contributed by atoms with E-state index in [-0.39, 0.29) is 6.07 Å². The van der Waals surface area contributed by atoms with Crippen LogP contribution in [-0.4, -0.2) is 23.9 Å². The number of carbonyl (C=O) groups is 1. The van der Waals surface area contributed by atoms with Gasteiger partial charge in [0.2, 0.25) is 0 Å². The molecule has 0 saturated heterocycles. The summed E-state index contributed by atoms with van der Waals surface area (Å²) in [5, 5.41) is 8.54. The zero-order valence-corrected chi connectivity index (χ0v) is 8.97. The first kappa shape index (κ1) is 15.1. The zero-order chi connectivity index (χ0) is 14.8. The van der Waals surface area contributed by atoms with Gasteiger partial charge in [0.05, 0.1) is 11.1 Å². The molecule has 0 spiro atoms. The van der Waals surface area contributed by atoms with Crippen LogP contribution in [0.15, 0.2) is 18.2 Å². The summed E-state index contributed by atoms with van der Waals surface area (Å²) in [5.41, 5.74) is -2.27. The SMILES string of the molecule is O=C(O)c1ccc(OCC(F)(F)F)c(C(F)(F)F)c1. The lowest BCUT2D eigenvalue weighted by Gasteiger charge is -2.15. The molecule has 0 radical (unpaired) electrons. The van der Waals surface area contributed by atoms with Gasteiger partial charge in [0.1, 0.15) is 5.75 Å². The quantitative estimate of drug-likeness (QED) is 0.868. The Labute approximate surface area is 102 Å². The first-order chi connectivity index (χ1) is 8.50. The van der Waals surface area contributed by atoms with Crippen LogP contribution >= 0.6 is 0 Å². The molecule has 3 nitrogen and oxygen atoms in total. The highest BCUT2D eigenvalue weighted by atomic mass is 19.4. The fraction of sp³-hybridized carbons (Fsp3) is 0.300. The summed E-state index contributed by atoms with van der Waals surface area (Å²) in [6.07, 6.45) is -9.82. The lowest BCUT2D eigenvalue weighted by molar-refractivity contribution is -0.158. The minimum absolute atomic E-state index is 0.216. The average molecular weight is 288 g/mol. The number of alkyl halides is 6. The van der Waals surface area contributed by atoms with E-state index in [0.717, 1.165) is 6.07 Å². The van der Waals surface area contributed by atoms with Gasteiger partial charge in [-0.05, 0) is 18.2 Å². The summed E-state index contributed by atoms with van der Waals surface area (Å²) in [4.78, 5) is 10.5. The normalized spacial score (nSPS) is 12.3. The third-order valence-corrected chi connectivity index (χ3v) is 1.92. The number of rotatable bonds is 3. The standard InChI is InChI=1S/C10H6F6O3/c11-9(12,13)4-19-7-2-1-5(8(17)18)3-6(7)10(14,15)16/h1-3H,4H2,(H,17,18). The van der Waals surface area contributed by atoms with Crippen LogP contribution in [0.3, 0.4) is 0 Å². The van der Waals surface area contributed by atoms with E-state index in [4.69, 9.17) is 5.11 Å². The lowest BCUT2D eigenvalue weighted by atomic mass is 10.1. The molecule has 0 heterocycles. The smallest absolute Gasteiger partial charge is 0.422 e. The minimum Gasteiger partial charge on any atom is -0.483 e. The molecule has 1 N–H and O–H groups in total. The Morgan fingerprint density at radius 1 is 1.16 bits per heavy atom. The van der Waals surface area contributed by atoms with Crippen molar-refractivity contribution in [2.45, 2.75) is 12.4 Å². The molecule has 0 aliphatic carbocycles. The van der Waals surface area contributed by atoms with Crippen molar-refractivity contribution >= 4 is 5.97 Å². The van der Waals surface area contributed by atoms with Crippen LogP contribution in [0.2, 0.25) is 0 Å². The highest BCUT2D eigenvalue weighted by Crippen LogP contribution is 2.37. The molecule has 19 heavy (non-hydrogen) atoms. The summed E-state index contributed by atoms with van der Waals surface area (Å²) in [6, 6.07) is 1.48. The molecule has 0 fully saturated rings. The number of benzene rings is 1. The second-order valence-corrected chi connectivity index (χ2v) is 3.42. The highest BCUT2D eigenvalue weighted by molar-refractivity contribution is 5.88. The molecule has 0 atom stereocenters. The van der Waals surface area contributed by atoms with Crippen LogP contribution in [-0.2, 0) is 6.18 Å². The summed E-state index contributed by atoms with van der Waals surface area (Å²) in [6.45, 7) is -1.90. The second kappa shape index (κ2) is 4.98. The number of carboxylic acids is 1. The molecule has 0 unspecified atom stereocenters. The Bertz CT molecular complexity index is 477. The van der Waals surface area contributed by atoms with Crippen molar-refractivity contribution in [3.05, 3.63) is 29.3 Å². The Kier molecular flexibility index (Phi) is 3.97. The maximum Gasteiger partial charge on any atom is 0.422 e. The first-order valence-electron chi connectivity index (χ1n) is 4.65. The monoisotopic (exact) mass is 288 g/mol. The minimum atomic E-state index is -5.02. The van der Waals surface area contributed by atoms with Crippen LogP contribution in [0.25, 0.3) is 0 Å². The van der Waals surface area contributed by atoms with Crippen molar-refractivity contribution < 1.29 is 41.0 Å². The van der Waals surface area contributed by atoms with Gasteiger partial charge < -0.3 is 9.84 Å². The van der Waals surface area contributed by atoms with Gasteiger partial charge in [-0.2, -0.15) is 26.3 Å². The topological polar surface area (TPSA) is 46.5 Å². The number of carboxylic acid groups (broad SMARTS) is 1. The van der Waals surface area contributed by atoms with Gasteiger partial charge in [0, 0.05) is 0 Å². The van der Waals surface area contributed by atoms with Crippen LogP contribution in [0, 0.1) is 0 Å². The van der Waals surface area contributed by atoms with Crippen LogP contribution in [0.1, 0.15) is 15.9 Å². The van der Waals surface area contributed by atoms with E-state index in [1.165, 1.54) is 0 Å². The van der Waals surface area contributed by atoms with E-state index in [2.05, 4.69) is 4.74 Å². The molecular weight excluding hydrogens is 282 g/mol. The van der Waals surface area contributed by atoms with Crippen molar-refractivity contribution in [1.29, 1.82) is 0 Å². The van der Waals surface area contributed by atoms with Gasteiger partial charge in [-0.3, -0.25) is 0 Å². The Balaban J connectivity index is 3.13. The van der Waals surface area contributed by atoms with Gasteiger partial charge in [0.25, 0.3) is 0 Å². The fourth-order valence-corrected chi connectivity index (χ4v) is 1.17. The van der Waals surface area contributed by atoms with Gasteiger partial charge in [-0.1, -0.05) is 0 Å². The van der Waals surface area contributed by atoms with Crippen molar-refractivity contribution in [1.82, 2.24) is 0 Å². The lowest BCUT2D eigenvalue weighted by Crippen LogP contribution is -2.21. The van der Waals surface area contributed by atoms with Crippen LogP contribution in [0.4, 0.5) is 26.3 Å². The molecule has 1 rings (SSSR count). The molecular formula is C10H6F6O3.